The average Bonchev–Trinajstić information content (AvgIpc) is 2.27. The third-order valence-electron chi connectivity index (χ3n) is 2.24. The van der Waals surface area contributed by atoms with Gasteiger partial charge in [-0.3, -0.25) is 4.79 Å². The summed E-state index contributed by atoms with van der Waals surface area (Å²) in [5.41, 5.74) is 0.436. The molecule has 16 heavy (non-hydrogen) atoms. The fourth-order valence-corrected chi connectivity index (χ4v) is 1.72. The van der Waals surface area contributed by atoms with E-state index < -0.39 is 0 Å². The molecule has 0 radical (unpaired) electrons. The third kappa shape index (κ3) is 4.03. The Kier molecular flexibility index (Phi) is 5.64. The van der Waals surface area contributed by atoms with Gasteiger partial charge in [-0.25, -0.2) is 0 Å². The smallest absolute Gasteiger partial charge is 0.252 e. The van der Waals surface area contributed by atoms with Crippen molar-refractivity contribution in [3.63, 3.8) is 0 Å². The SMILES string of the molecule is CCCCCNC(=O)c1cc(Cl)ccc1Cl. The van der Waals surface area contributed by atoms with E-state index in [0.717, 1.165) is 19.3 Å². The number of hydrogen-bond acceptors (Lipinski definition) is 1. The topological polar surface area (TPSA) is 29.1 Å². The molecule has 0 spiro atoms. The van der Waals surface area contributed by atoms with Crippen molar-refractivity contribution < 1.29 is 4.79 Å². The van der Waals surface area contributed by atoms with E-state index in [2.05, 4.69) is 12.2 Å². The van der Waals surface area contributed by atoms with Gasteiger partial charge in [0.25, 0.3) is 5.91 Å². The third-order valence-corrected chi connectivity index (χ3v) is 2.80. The van der Waals surface area contributed by atoms with Crippen LogP contribution in [0.5, 0.6) is 0 Å². The maximum atomic E-state index is 11.7. The van der Waals surface area contributed by atoms with E-state index in [1.54, 1.807) is 18.2 Å². The molecule has 4 heteroatoms. The Hall–Kier alpha value is -0.730. The molecule has 88 valence electrons. The molecule has 0 aliphatic heterocycles. The van der Waals surface area contributed by atoms with Crippen molar-refractivity contribution in [2.24, 2.45) is 0 Å². The first-order valence-corrected chi connectivity index (χ1v) is 6.14. The van der Waals surface area contributed by atoms with Crippen LogP contribution in [-0.2, 0) is 0 Å². The van der Waals surface area contributed by atoms with Gasteiger partial charge in [0.2, 0.25) is 0 Å². The van der Waals surface area contributed by atoms with Gasteiger partial charge >= 0.3 is 0 Å². The second kappa shape index (κ2) is 6.77. The van der Waals surface area contributed by atoms with Crippen molar-refractivity contribution in [2.45, 2.75) is 26.2 Å². The summed E-state index contributed by atoms with van der Waals surface area (Å²) in [5, 5.41) is 3.76. The van der Waals surface area contributed by atoms with E-state index in [1.807, 2.05) is 0 Å². The molecule has 0 saturated carbocycles. The lowest BCUT2D eigenvalue weighted by molar-refractivity contribution is 0.0953. The van der Waals surface area contributed by atoms with E-state index in [-0.39, 0.29) is 5.91 Å². The molecule has 1 amide bonds. The minimum Gasteiger partial charge on any atom is -0.352 e. The van der Waals surface area contributed by atoms with Crippen LogP contribution in [0.1, 0.15) is 36.5 Å². The monoisotopic (exact) mass is 259 g/mol. The van der Waals surface area contributed by atoms with E-state index in [1.165, 1.54) is 0 Å². The zero-order valence-corrected chi connectivity index (χ0v) is 10.7. The number of nitrogens with one attached hydrogen (secondary N) is 1. The molecular weight excluding hydrogens is 245 g/mol. The van der Waals surface area contributed by atoms with Crippen molar-refractivity contribution in [1.82, 2.24) is 5.32 Å². The molecule has 0 aliphatic rings. The van der Waals surface area contributed by atoms with Crippen LogP contribution >= 0.6 is 23.2 Å². The maximum absolute atomic E-state index is 11.7. The minimum atomic E-state index is -0.163. The zero-order chi connectivity index (χ0) is 12.0. The van der Waals surface area contributed by atoms with E-state index in [9.17, 15) is 4.79 Å². The number of carbonyl (C=O) groups excluding carboxylic acids is 1. The van der Waals surface area contributed by atoms with Crippen LogP contribution in [0, 0.1) is 0 Å². The molecule has 0 aliphatic carbocycles. The molecule has 0 fully saturated rings. The number of rotatable bonds is 5. The Bertz CT molecular complexity index is 366. The van der Waals surface area contributed by atoms with Gasteiger partial charge in [-0.15, -0.1) is 0 Å². The highest BCUT2D eigenvalue weighted by Gasteiger charge is 2.09. The largest absolute Gasteiger partial charge is 0.352 e. The highest BCUT2D eigenvalue weighted by atomic mass is 35.5. The second-order valence-electron chi connectivity index (χ2n) is 3.59. The Morgan fingerprint density at radius 1 is 1.31 bits per heavy atom. The average molecular weight is 260 g/mol. The Morgan fingerprint density at radius 2 is 2.06 bits per heavy atom. The molecule has 0 atom stereocenters. The van der Waals surface area contributed by atoms with Crippen LogP contribution in [0.25, 0.3) is 0 Å². The summed E-state index contributed by atoms with van der Waals surface area (Å²) in [6.07, 6.45) is 3.23. The summed E-state index contributed by atoms with van der Waals surface area (Å²) in [6.45, 7) is 2.80. The second-order valence-corrected chi connectivity index (χ2v) is 4.43. The van der Waals surface area contributed by atoms with Crippen molar-refractivity contribution in [3.05, 3.63) is 33.8 Å². The van der Waals surface area contributed by atoms with Crippen LogP contribution in [0.15, 0.2) is 18.2 Å². The molecule has 0 unspecified atom stereocenters. The van der Waals surface area contributed by atoms with Crippen LogP contribution < -0.4 is 5.32 Å². The molecule has 2 nitrogen and oxygen atoms in total. The number of amides is 1. The summed E-state index contributed by atoms with van der Waals surface area (Å²) in [6, 6.07) is 4.88. The van der Waals surface area contributed by atoms with E-state index >= 15 is 0 Å². The fraction of sp³-hybridized carbons (Fsp3) is 0.417. The van der Waals surface area contributed by atoms with Crippen molar-refractivity contribution in [2.75, 3.05) is 6.54 Å². The van der Waals surface area contributed by atoms with Crippen molar-refractivity contribution in [3.8, 4) is 0 Å². The molecule has 0 aromatic heterocycles. The van der Waals surface area contributed by atoms with Crippen molar-refractivity contribution in [1.29, 1.82) is 0 Å². The molecule has 0 saturated heterocycles. The molecule has 0 bridgehead atoms. The van der Waals surface area contributed by atoms with Gasteiger partial charge in [0, 0.05) is 11.6 Å². The lowest BCUT2D eigenvalue weighted by atomic mass is 10.2. The summed E-state index contributed by atoms with van der Waals surface area (Å²) >= 11 is 11.7. The highest BCUT2D eigenvalue weighted by molar-refractivity contribution is 6.35. The number of halogens is 2. The predicted octanol–water partition coefficient (Wildman–Crippen LogP) is 3.91. The standard InChI is InChI=1S/C12H15Cl2NO/c1-2-3-4-7-15-12(16)10-8-9(13)5-6-11(10)14/h5-6,8H,2-4,7H2,1H3,(H,15,16). The van der Waals surface area contributed by atoms with Crippen LogP contribution in [-0.4, -0.2) is 12.5 Å². The first kappa shape index (κ1) is 13.3. The van der Waals surface area contributed by atoms with E-state index in [0.29, 0.717) is 22.2 Å². The van der Waals surface area contributed by atoms with Gasteiger partial charge in [0.1, 0.15) is 0 Å². The maximum Gasteiger partial charge on any atom is 0.252 e. The summed E-state index contributed by atoms with van der Waals surface area (Å²) in [5.74, 6) is -0.163. The molecule has 1 aromatic carbocycles. The van der Waals surface area contributed by atoms with Gasteiger partial charge in [-0.2, -0.15) is 0 Å². The number of benzene rings is 1. The quantitative estimate of drug-likeness (QED) is 0.799. The lowest BCUT2D eigenvalue weighted by Gasteiger charge is -2.06. The molecule has 1 rings (SSSR count). The van der Waals surface area contributed by atoms with Gasteiger partial charge in [-0.1, -0.05) is 43.0 Å². The first-order chi connectivity index (χ1) is 7.65. The summed E-state index contributed by atoms with van der Waals surface area (Å²) < 4.78 is 0. The minimum absolute atomic E-state index is 0.163. The highest BCUT2D eigenvalue weighted by Crippen LogP contribution is 2.20. The van der Waals surface area contributed by atoms with Crippen LogP contribution in [0.2, 0.25) is 10.0 Å². The number of carbonyl (C=O) groups is 1. The summed E-state index contributed by atoms with van der Waals surface area (Å²) in [4.78, 5) is 11.7. The lowest BCUT2D eigenvalue weighted by Crippen LogP contribution is -2.24. The van der Waals surface area contributed by atoms with Gasteiger partial charge in [-0.05, 0) is 24.6 Å². The Morgan fingerprint density at radius 3 is 2.75 bits per heavy atom. The van der Waals surface area contributed by atoms with Crippen molar-refractivity contribution >= 4 is 29.1 Å². The Labute approximate surface area is 106 Å². The first-order valence-electron chi connectivity index (χ1n) is 5.38. The van der Waals surface area contributed by atoms with Crippen LogP contribution in [0.3, 0.4) is 0 Å². The number of unbranched alkanes of at least 4 members (excludes halogenated alkanes) is 2. The Balaban J connectivity index is 2.55. The number of hydrogen-bond donors (Lipinski definition) is 1. The van der Waals surface area contributed by atoms with Gasteiger partial charge < -0.3 is 5.32 Å². The molecular formula is C12H15Cl2NO. The molecule has 0 heterocycles. The summed E-state index contributed by atoms with van der Waals surface area (Å²) in [7, 11) is 0. The molecule has 1 aromatic rings. The van der Waals surface area contributed by atoms with Crippen LogP contribution in [0.4, 0.5) is 0 Å². The predicted molar refractivity (Wildman–Crippen MR) is 68.3 cm³/mol. The molecule has 1 N–H and O–H groups in total. The fourth-order valence-electron chi connectivity index (χ4n) is 1.34. The van der Waals surface area contributed by atoms with Gasteiger partial charge in [0.15, 0.2) is 0 Å². The van der Waals surface area contributed by atoms with E-state index in [4.69, 9.17) is 23.2 Å². The zero-order valence-electron chi connectivity index (χ0n) is 9.22. The normalized spacial score (nSPS) is 10.2. The van der Waals surface area contributed by atoms with Gasteiger partial charge in [0.05, 0.1) is 10.6 Å².